The van der Waals surface area contributed by atoms with E-state index in [9.17, 15) is 9.18 Å². The molecule has 96 valence electrons. The van der Waals surface area contributed by atoms with Crippen molar-refractivity contribution in [3.8, 4) is 0 Å². The van der Waals surface area contributed by atoms with Crippen molar-refractivity contribution in [2.75, 3.05) is 11.9 Å². The predicted octanol–water partition coefficient (Wildman–Crippen LogP) is 2.36. The molecular formula is C12H14FN3OS. The fraction of sp³-hybridized carbons (Fsp3) is 0.333. The van der Waals surface area contributed by atoms with E-state index in [4.69, 9.17) is 5.73 Å². The minimum atomic E-state index is -0.650. The number of rotatable bonds is 4. The lowest BCUT2D eigenvalue weighted by Crippen LogP contribution is -2.37. The van der Waals surface area contributed by atoms with E-state index in [1.165, 1.54) is 23.5 Å². The van der Waals surface area contributed by atoms with Gasteiger partial charge in [0.05, 0.1) is 15.6 Å². The Morgan fingerprint density at radius 2 is 2.28 bits per heavy atom. The Bertz CT molecular complexity index is 594. The highest BCUT2D eigenvalue weighted by Gasteiger charge is 2.24. The van der Waals surface area contributed by atoms with Crippen molar-refractivity contribution in [3.05, 3.63) is 24.0 Å². The van der Waals surface area contributed by atoms with E-state index < -0.39 is 5.41 Å². The van der Waals surface area contributed by atoms with E-state index in [-0.39, 0.29) is 11.7 Å². The number of hydrogen-bond donors (Lipinski definition) is 2. The second-order valence-corrected chi connectivity index (χ2v) is 5.76. The summed E-state index contributed by atoms with van der Waals surface area (Å²) >= 11 is 1.42. The quantitative estimate of drug-likeness (QED) is 0.893. The summed E-state index contributed by atoms with van der Waals surface area (Å²) in [7, 11) is 0. The van der Waals surface area contributed by atoms with Crippen LogP contribution in [-0.2, 0) is 4.79 Å². The first-order chi connectivity index (χ1) is 8.38. The molecule has 6 heteroatoms. The van der Waals surface area contributed by atoms with Crippen molar-refractivity contribution in [2.24, 2.45) is 11.1 Å². The summed E-state index contributed by atoms with van der Waals surface area (Å²) in [6.45, 7) is 3.91. The number of benzene rings is 1. The van der Waals surface area contributed by atoms with Crippen molar-refractivity contribution in [1.82, 2.24) is 4.98 Å². The maximum absolute atomic E-state index is 13.0. The number of primary amides is 1. The standard InChI is InChI=1S/C12H14FN3OS/c1-12(2,10(14)17)6-15-11-16-8-5-7(13)3-4-9(8)18-11/h3-5H,6H2,1-2H3,(H2,14,17)(H,15,16). The third-order valence-corrected chi connectivity index (χ3v) is 3.69. The van der Waals surface area contributed by atoms with Crippen LogP contribution in [0, 0.1) is 11.2 Å². The van der Waals surface area contributed by atoms with Gasteiger partial charge in [-0.05, 0) is 26.0 Å². The van der Waals surface area contributed by atoms with Crippen LogP contribution >= 0.6 is 11.3 Å². The molecule has 1 aromatic carbocycles. The predicted molar refractivity (Wildman–Crippen MR) is 71.0 cm³/mol. The van der Waals surface area contributed by atoms with E-state index in [1.807, 2.05) is 0 Å². The molecule has 1 heterocycles. The van der Waals surface area contributed by atoms with Gasteiger partial charge in [-0.2, -0.15) is 0 Å². The highest BCUT2D eigenvalue weighted by Crippen LogP contribution is 2.27. The summed E-state index contributed by atoms with van der Waals surface area (Å²) in [6, 6.07) is 4.47. The zero-order valence-electron chi connectivity index (χ0n) is 10.2. The number of hydrogen-bond acceptors (Lipinski definition) is 4. The Morgan fingerprint density at radius 1 is 1.56 bits per heavy atom. The van der Waals surface area contributed by atoms with Crippen molar-refractivity contribution < 1.29 is 9.18 Å². The molecule has 0 spiro atoms. The first-order valence-corrected chi connectivity index (χ1v) is 6.30. The first-order valence-electron chi connectivity index (χ1n) is 5.48. The van der Waals surface area contributed by atoms with E-state index in [1.54, 1.807) is 19.9 Å². The van der Waals surface area contributed by atoms with Gasteiger partial charge in [0.25, 0.3) is 0 Å². The Morgan fingerprint density at radius 3 is 2.94 bits per heavy atom. The van der Waals surface area contributed by atoms with E-state index >= 15 is 0 Å². The van der Waals surface area contributed by atoms with Crippen molar-refractivity contribution in [3.63, 3.8) is 0 Å². The van der Waals surface area contributed by atoms with Gasteiger partial charge >= 0.3 is 0 Å². The van der Waals surface area contributed by atoms with E-state index in [2.05, 4.69) is 10.3 Å². The van der Waals surface area contributed by atoms with Gasteiger partial charge in [-0.15, -0.1) is 0 Å². The van der Waals surface area contributed by atoms with Crippen LogP contribution < -0.4 is 11.1 Å². The third-order valence-electron chi connectivity index (χ3n) is 2.70. The topological polar surface area (TPSA) is 68.0 Å². The van der Waals surface area contributed by atoms with Gasteiger partial charge in [-0.25, -0.2) is 9.37 Å². The summed E-state index contributed by atoms with van der Waals surface area (Å²) in [5.41, 5.74) is 5.24. The molecule has 0 unspecified atom stereocenters. The molecule has 2 aromatic rings. The van der Waals surface area contributed by atoms with Gasteiger partial charge in [0, 0.05) is 12.6 Å². The van der Waals surface area contributed by atoms with Crippen molar-refractivity contribution >= 4 is 32.6 Å². The monoisotopic (exact) mass is 267 g/mol. The highest BCUT2D eigenvalue weighted by molar-refractivity contribution is 7.22. The molecule has 0 atom stereocenters. The number of thiazole rings is 1. The minimum absolute atomic E-state index is 0.309. The summed E-state index contributed by atoms with van der Waals surface area (Å²) in [4.78, 5) is 15.4. The number of carbonyl (C=O) groups excluding carboxylic acids is 1. The van der Waals surface area contributed by atoms with Crippen LogP contribution in [0.3, 0.4) is 0 Å². The SMILES string of the molecule is CC(C)(CNc1nc2cc(F)ccc2s1)C(N)=O. The van der Waals surface area contributed by atoms with Gasteiger partial charge in [0.2, 0.25) is 5.91 Å². The molecule has 1 aromatic heterocycles. The molecule has 2 rings (SSSR count). The lowest BCUT2D eigenvalue weighted by molar-refractivity contribution is -0.125. The maximum Gasteiger partial charge on any atom is 0.224 e. The molecule has 0 bridgehead atoms. The summed E-state index contributed by atoms with van der Waals surface area (Å²) < 4.78 is 13.9. The molecule has 0 fully saturated rings. The third kappa shape index (κ3) is 2.59. The largest absolute Gasteiger partial charge is 0.369 e. The molecule has 0 aliphatic carbocycles. The molecular weight excluding hydrogens is 253 g/mol. The highest BCUT2D eigenvalue weighted by atomic mass is 32.1. The molecule has 0 saturated carbocycles. The molecule has 0 radical (unpaired) electrons. The second kappa shape index (κ2) is 4.53. The second-order valence-electron chi connectivity index (χ2n) is 4.73. The Kier molecular flexibility index (Phi) is 3.21. The van der Waals surface area contributed by atoms with Crippen LogP contribution in [0.5, 0.6) is 0 Å². The van der Waals surface area contributed by atoms with E-state index in [0.29, 0.717) is 17.2 Å². The number of aromatic nitrogens is 1. The number of carbonyl (C=O) groups is 1. The molecule has 3 N–H and O–H groups in total. The number of amides is 1. The summed E-state index contributed by atoms with van der Waals surface area (Å²) in [6.07, 6.45) is 0. The molecule has 4 nitrogen and oxygen atoms in total. The van der Waals surface area contributed by atoms with Gasteiger partial charge in [0.15, 0.2) is 5.13 Å². The summed E-state index contributed by atoms with van der Waals surface area (Å²) in [5.74, 6) is -0.682. The molecule has 0 aliphatic rings. The fourth-order valence-corrected chi connectivity index (χ4v) is 2.20. The van der Waals surface area contributed by atoms with Gasteiger partial charge < -0.3 is 11.1 Å². The van der Waals surface area contributed by atoms with Crippen LogP contribution in [0.25, 0.3) is 10.2 Å². The van der Waals surface area contributed by atoms with Crippen LogP contribution in [0.1, 0.15) is 13.8 Å². The van der Waals surface area contributed by atoms with E-state index in [0.717, 1.165) is 4.70 Å². The number of nitrogens with one attached hydrogen (secondary N) is 1. The first kappa shape index (κ1) is 12.8. The van der Waals surface area contributed by atoms with Crippen LogP contribution in [0.2, 0.25) is 0 Å². The number of fused-ring (bicyclic) bond motifs is 1. The Balaban J connectivity index is 2.15. The zero-order valence-corrected chi connectivity index (χ0v) is 11.0. The normalized spacial score (nSPS) is 11.7. The average molecular weight is 267 g/mol. The Hall–Kier alpha value is -1.69. The Labute approximate surface area is 108 Å². The summed E-state index contributed by atoms with van der Waals surface area (Å²) in [5, 5.41) is 3.72. The van der Waals surface area contributed by atoms with Crippen molar-refractivity contribution in [1.29, 1.82) is 0 Å². The fourth-order valence-electron chi connectivity index (χ4n) is 1.36. The smallest absolute Gasteiger partial charge is 0.224 e. The van der Waals surface area contributed by atoms with Crippen LogP contribution in [0.4, 0.5) is 9.52 Å². The molecule has 18 heavy (non-hydrogen) atoms. The molecule has 0 saturated heterocycles. The zero-order chi connectivity index (χ0) is 13.3. The number of halogens is 1. The van der Waals surface area contributed by atoms with Crippen LogP contribution in [0.15, 0.2) is 18.2 Å². The number of anilines is 1. The minimum Gasteiger partial charge on any atom is -0.369 e. The number of nitrogens with zero attached hydrogens (tertiary/aromatic N) is 1. The van der Waals surface area contributed by atoms with Gasteiger partial charge in [-0.3, -0.25) is 4.79 Å². The van der Waals surface area contributed by atoms with Gasteiger partial charge in [-0.1, -0.05) is 11.3 Å². The van der Waals surface area contributed by atoms with Crippen molar-refractivity contribution in [2.45, 2.75) is 13.8 Å². The molecule has 1 amide bonds. The average Bonchev–Trinajstić information content (AvgIpc) is 2.68. The molecule has 0 aliphatic heterocycles. The van der Waals surface area contributed by atoms with Crippen LogP contribution in [-0.4, -0.2) is 17.4 Å². The lowest BCUT2D eigenvalue weighted by atomic mass is 9.93. The lowest BCUT2D eigenvalue weighted by Gasteiger charge is -2.20. The maximum atomic E-state index is 13.0. The van der Waals surface area contributed by atoms with Gasteiger partial charge in [0.1, 0.15) is 5.82 Å². The number of nitrogens with two attached hydrogens (primary N) is 1.